The molecular formula is C45H46N8O6S2. The molecule has 0 bridgehead atoms. The molecule has 0 saturated carbocycles. The van der Waals surface area contributed by atoms with Gasteiger partial charge in [0.1, 0.15) is 11.5 Å². The van der Waals surface area contributed by atoms with E-state index in [1.54, 1.807) is 44.0 Å². The number of aldehydes is 1. The monoisotopic (exact) mass is 858 g/mol. The molecule has 14 nitrogen and oxygen atoms in total. The number of H-pyrrole nitrogens is 1. The SMILES string of the molecule is CCOC(=O)CCn1nc(-c2ccccc2OC)n(-c2ccc(C)cc2)c1=S.COc1ccccc1-c1n[nH]c(=S)n1-c1ccc(C)cc1.NNC(=O)c1ccccc1C=O. The van der Waals surface area contributed by atoms with Crippen molar-refractivity contribution in [2.75, 3.05) is 20.8 Å². The minimum absolute atomic E-state index is 0.207. The van der Waals surface area contributed by atoms with E-state index < -0.39 is 5.91 Å². The Morgan fingerprint density at radius 2 is 1.28 bits per heavy atom. The maximum Gasteiger partial charge on any atom is 0.307 e. The molecule has 0 unspecified atom stereocenters. The molecule has 61 heavy (non-hydrogen) atoms. The molecular weight excluding hydrogens is 813 g/mol. The fourth-order valence-electron chi connectivity index (χ4n) is 6.04. The van der Waals surface area contributed by atoms with E-state index in [2.05, 4.69) is 29.3 Å². The van der Waals surface area contributed by atoms with Crippen molar-refractivity contribution >= 4 is 42.6 Å². The lowest BCUT2D eigenvalue weighted by Crippen LogP contribution is -2.30. The van der Waals surface area contributed by atoms with Gasteiger partial charge in [-0.15, -0.1) is 0 Å². The number of aromatic amines is 1. The predicted molar refractivity (Wildman–Crippen MR) is 239 cm³/mol. The maximum atomic E-state index is 11.8. The molecule has 314 valence electrons. The number of amides is 1. The van der Waals surface area contributed by atoms with Crippen molar-refractivity contribution in [3.05, 3.63) is 153 Å². The molecule has 0 fully saturated rings. The lowest BCUT2D eigenvalue weighted by molar-refractivity contribution is -0.143. The van der Waals surface area contributed by atoms with Gasteiger partial charge in [-0.2, -0.15) is 10.2 Å². The molecule has 7 rings (SSSR count). The summed E-state index contributed by atoms with van der Waals surface area (Å²) in [6, 6.07) is 38.1. The number of hydrazine groups is 1. The average molecular weight is 859 g/mol. The Balaban J connectivity index is 0.000000187. The van der Waals surface area contributed by atoms with Crippen LogP contribution in [0.15, 0.2) is 121 Å². The van der Waals surface area contributed by atoms with Gasteiger partial charge < -0.3 is 14.2 Å². The van der Waals surface area contributed by atoms with Gasteiger partial charge in [0.05, 0.1) is 50.5 Å². The van der Waals surface area contributed by atoms with Gasteiger partial charge in [0.15, 0.2) is 22.7 Å². The molecule has 2 aromatic heterocycles. The van der Waals surface area contributed by atoms with E-state index in [1.807, 2.05) is 106 Å². The molecule has 2 heterocycles. The van der Waals surface area contributed by atoms with Crippen molar-refractivity contribution in [2.45, 2.75) is 33.7 Å². The summed E-state index contributed by atoms with van der Waals surface area (Å²) in [5, 5.41) is 11.9. The molecule has 0 saturated heterocycles. The summed E-state index contributed by atoms with van der Waals surface area (Å²) in [4.78, 5) is 33.2. The van der Waals surface area contributed by atoms with Gasteiger partial charge in [0, 0.05) is 16.9 Å². The smallest absolute Gasteiger partial charge is 0.307 e. The first-order valence-corrected chi connectivity index (χ1v) is 19.9. The van der Waals surface area contributed by atoms with E-state index in [9.17, 15) is 14.4 Å². The van der Waals surface area contributed by atoms with Crippen LogP contribution in [0.1, 0.15) is 45.2 Å². The Morgan fingerprint density at radius 1 is 0.754 bits per heavy atom. The van der Waals surface area contributed by atoms with Crippen LogP contribution >= 0.6 is 24.4 Å². The highest BCUT2D eigenvalue weighted by Crippen LogP contribution is 2.32. The summed E-state index contributed by atoms with van der Waals surface area (Å²) in [5.41, 5.74) is 8.53. The Labute approximate surface area is 363 Å². The van der Waals surface area contributed by atoms with Crippen LogP contribution in [-0.2, 0) is 16.1 Å². The van der Waals surface area contributed by atoms with Crippen LogP contribution in [0, 0.1) is 23.4 Å². The second kappa shape index (κ2) is 21.8. The van der Waals surface area contributed by atoms with E-state index in [1.165, 1.54) is 11.6 Å². The number of aryl methyl sites for hydroxylation is 3. The zero-order chi connectivity index (χ0) is 43.9. The molecule has 0 aliphatic rings. The molecule has 0 spiro atoms. The van der Waals surface area contributed by atoms with Crippen LogP contribution < -0.4 is 20.7 Å². The van der Waals surface area contributed by atoms with Crippen molar-refractivity contribution in [1.29, 1.82) is 0 Å². The number of carbonyl (C=O) groups excluding carboxylic acids is 3. The third-order valence-corrected chi connectivity index (χ3v) is 9.76. The van der Waals surface area contributed by atoms with Crippen LogP contribution in [0.3, 0.4) is 0 Å². The van der Waals surface area contributed by atoms with Gasteiger partial charge in [-0.3, -0.25) is 34.0 Å². The Bertz CT molecular complexity index is 2700. The molecule has 1 amide bonds. The molecule has 16 heteroatoms. The maximum absolute atomic E-state index is 11.8. The van der Waals surface area contributed by atoms with Crippen LogP contribution in [-0.4, -0.2) is 68.1 Å². The van der Waals surface area contributed by atoms with Gasteiger partial charge in [-0.05, 0) is 99.8 Å². The Kier molecular flexibility index (Phi) is 16.1. The van der Waals surface area contributed by atoms with Crippen molar-refractivity contribution < 1.29 is 28.6 Å². The summed E-state index contributed by atoms with van der Waals surface area (Å²) >= 11 is 11.1. The van der Waals surface area contributed by atoms with Crippen LogP contribution in [0.2, 0.25) is 0 Å². The number of esters is 1. The molecule has 7 aromatic rings. The number of para-hydroxylation sites is 2. The lowest BCUT2D eigenvalue weighted by atomic mass is 10.1. The van der Waals surface area contributed by atoms with Gasteiger partial charge in [0.2, 0.25) is 4.77 Å². The zero-order valence-corrected chi connectivity index (χ0v) is 36.0. The van der Waals surface area contributed by atoms with E-state index >= 15 is 0 Å². The number of nitrogens with zero attached hydrogens (tertiary/aromatic N) is 5. The number of aromatic nitrogens is 6. The predicted octanol–water partition coefficient (Wildman–Crippen LogP) is 8.36. The average Bonchev–Trinajstić information content (AvgIpc) is 3.84. The first kappa shape index (κ1) is 45.1. The second-order valence-electron chi connectivity index (χ2n) is 13.2. The number of methoxy groups -OCH3 is 2. The number of ether oxygens (including phenoxy) is 3. The van der Waals surface area contributed by atoms with Gasteiger partial charge in [-0.25, -0.2) is 10.5 Å². The molecule has 0 atom stereocenters. The van der Waals surface area contributed by atoms with Crippen LogP contribution in [0.4, 0.5) is 0 Å². The number of carbonyl (C=O) groups is 3. The third kappa shape index (κ3) is 11.2. The minimum atomic E-state index is -0.460. The summed E-state index contributed by atoms with van der Waals surface area (Å²) in [6.45, 7) is 6.58. The van der Waals surface area contributed by atoms with Gasteiger partial charge >= 0.3 is 5.97 Å². The topological polar surface area (TPSA) is 173 Å². The largest absolute Gasteiger partial charge is 0.496 e. The van der Waals surface area contributed by atoms with Gasteiger partial charge in [-0.1, -0.05) is 77.9 Å². The first-order chi connectivity index (χ1) is 29.5. The van der Waals surface area contributed by atoms with Crippen molar-refractivity contribution in [1.82, 2.24) is 34.5 Å². The normalized spacial score (nSPS) is 10.3. The fourth-order valence-corrected chi connectivity index (χ4v) is 6.60. The standard InChI is InChI=1S/C21H23N3O3S.C16H15N3OS.C8H8N2O2/c1-4-27-19(25)13-14-23-21(28)24(16-11-9-15(2)10-12-16)20(22-23)17-7-5-6-8-18(17)26-3;1-11-7-9-12(10-8-11)19-15(17-18-16(19)21)13-5-3-4-6-14(13)20-2;9-10-8(12)7-4-2-1-3-6(7)5-11/h5-12H,4,13-14H2,1-3H3;3-10H,1-2H3,(H,18,21);1-5H,9H2,(H,10,12). The zero-order valence-electron chi connectivity index (χ0n) is 34.3. The number of hydrogen-bond acceptors (Lipinski definition) is 11. The van der Waals surface area contributed by atoms with E-state index in [4.69, 9.17) is 49.6 Å². The fraction of sp³-hybridized carbons (Fsp3) is 0.178. The number of nitrogens with one attached hydrogen (secondary N) is 2. The molecule has 0 aliphatic carbocycles. The van der Waals surface area contributed by atoms with Crippen molar-refractivity contribution in [2.24, 2.45) is 5.84 Å². The number of hydrogen-bond donors (Lipinski definition) is 3. The number of rotatable bonds is 12. The number of nitrogen functional groups attached to an aromatic ring is 1. The highest BCUT2D eigenvalue weighted by Gasteiger charge is 2.19. The highest BCUT2D eigenvalue weighted by molar-refractivity contribution is 7.71. The van der Waals surface area contributed by atoms with Crippen molar-refractivity contribution in [3.8, 4) is 45.6 Å². The number of benzene rings is 5. The van der Waals surface area contributed by atoms with E-state index in [0.717, 1.165) is 39.6 Å². The Morgan fingerprint density at radius 3 is 1.82 bits per heavy atom. The summed E-state index contributed by atoms with van der Waals surface area (Å²) in [7, 11) is 3.28. The summed E-state index contributed by atoms with van der Waals surface area (Å²) in [5.74, 6) is 7.05. The Hall–Kier alpha value is -7.01. The first-order valence-electron chi connectivity index (χ1n) is 19.0. The second-order valence-corrected chi connectivity index (χ2v) is 13.9. The summed E-state index contributed by atoms with van der Waals surface area (Å²) < 4.78 is 22.5. The van der Waals surface area contributed by atoms with Gasteiger partial charge in [0.25, 0.3) is 5.91 Å². The quantitative estimate of drug-likeness (QED) is 0.0269. The third-order valence-electron chi connectivity index (χ3n) is 9.09. The van der Waals surface area contributed by atoms with Crippen molar-refractivity contribution in [3.63, 3.8) is 0 Å². The summed E-state index contributed by atoms with van der Waals surface area (Å²) in [6.07, 6.45) is 0.822. The van der Waals surface area contributed by atoms with E-state index in [-0.39, 0.29) is 18.0 Å². The molecule has 0 aliphatic heterocycles. The molecule has 4 N–H and O–H groups in total. The lowest BCUT2D eigenvalue weighted by Gasteiger charge is -2.10. The molecule has 5 aromatic carbocycles. The molecule has 0 radical (unpaired) electrons. The van der Waals surface area contributed by atoms with Crippen LogP contribution in [0.25, 0.3) is 34.2 Å². The minimum Gasteiger partial charge on any atom is -0.496 e. The van der Waals surface area contributed by atoms with Crippen LogP contribution in [0.5, 0.6) is 11.5 Å². The highest BCUT2D eigenvalue weighted by atomic mass is 32.1. The van der Waals surface area contributed by atoms with E-state index in [0.29, 0.717) is 46.1 Å². The number of nitrogens with two attached hydrogens (primary N) is 1.